The lowest BCUT2D eigenvalue weighted by molar-refractivity contribution is -0.138. The van der Waals surface area contributed by atoms with Crippen molar-refractivity contribution in [2.24, 2.45) is 0 Å². The molecule has 0 bridgehead atoms. The van der Waals surface area contributed by atoms with Gasteiger partial charge in [0.05, 0.1) is 41.6 Å². The first kappa shape index (κ1) is 22.4. The van der Waals surface area contributed by atoms with Gasteiger partial charge in [0.25, 0.3) is 5.91 Å². The van der Waals surface area contributed by atoms with E-state index in [2.05, 4.69) is 0 Å². The maximum atomic E-state index is 13.4. The number of rotatable bonds is 4. The van der Waals surface area contributed by atoms with Gasteiger partial charge in [-0.05, 0) is 42.8 Å². The number of alkyl halides is 3. The van der Waals surface area contributed by atoms with Crippen LogP contribution < -0.4 is 9.64 Å². The van der Waals surface area contributed by atoms with Crippen LogP contribution in [-0.4, -0.2) is 26.1 Å². The SMILES string of the molecule is COC(=O)C1=C(C)N(c2ccc(OC)c(Cl)c2)C(=O)/C1=C\c1ccccc1C(F)(F)F. The lowest BCUT2D eigenvalue weighted by atomic mass is 10.00. The topological polar surface area (TPSA) is 55.8 Å². The van der Waals surface area contributed by atoms with Crippen molar-refractivity contribution in [3.8, 4) is 5.75 Å². The van der Waals surface area contributed by atoms with Gasteiger partial charge in [-0.25, -0.2) is 4.79 Å². The number of halogens is 4. The Hall–Kier alpha value is -3.26. The van der Waals surface area contributed by atoms with Crippen LogP contribution in [0.25, 0.3) is 6.08 Å². The number of nitrogens with zero attached hydrogens (tertiary/aromatic N) is 1. The summed E-state index contributed by atoms with van der Waals surface area (Å²) in [5.74, 6) is -1.15. The fourth-order valence-electron chi connectivity index (χ4n) is 3.32. The molecule has 1 aliphatic heterocycles. The molecule has 0 fully saturated rings. The molecule has 0 saturated carbocycles. The van der Waals surface area contributed by atoms with Gasteiger partial charge in [0.1, 0.15) is 5.75 Å². The molecule has 0 saturated heterocycles. The van der Waals surface area contributed by atoms with Crippen LogP contribution in [0.5, 0.6) is 5.75 Å². The molecule has 31 heavy (non-hydrogen) atoms. The van der Waals surface area contributed by atoms with Crippen LogP contribution in [0.3, 0.4) is 0 Å². The van der Waals surface area contributed by atoms with E-state index in [1.165, 1.54) is 49.3 Å². The summed E-state index contributed by atoms with van der Waals surface area (Å²) >= 11 is 6.16. The van der Waals surface area contributed by atoms with Crippen LogP contribution in [0.4, 0.5) is 18.9 Å². The van der Waals surface area contributed by atoms with Crippen LogP contribution >= 0.6 is 11.6 Å². The maximum Gasteiger partial charge on any atom is 0.416 e. The zero-order valence-electron chi connectivity index (χ0n) is 16.7. The normalized spacial score (nSPS) is 15.6. The maximum absolute atomic E-state index is 13.4. The number of hydrogen-bond donors (Lipinski definition) is 0. The van der Waals surface area contributed by atoms with Crippen molar-refractivity contribution in [2.45, 2.75) is 13.1 Å². The van der Waals surface area contributed by atoms with Gasteiger partial charge in [0.15, 0.2) is 0 Å². The first-order valence-corrected chi connectivity index (χ1v) is 9.33. The van der Waals surface area contributed by atoms with Crippen molar-refractivity contribution in [2.75, 3.05) is 19.1 Å². The summed E-state index contributed by atoms with van der Waals surface area (Å²) in [4.78, 5) is 26.9. The second-order valence-electron chi connectivity index (χ2n) is 6.55. The Balaban J connectivity index is 2.19. The molecule has 2 aromatic rings. The van der Waals surface area contributed by atoms with Gasteiger partial charge >= 0.3 is 12.1 Å². The molecule has 0 spiro atoms. The predicted molar refractivity (Wildman–Crippen MR) is 110 cm³/mol. The van der Waals surface area contributed by atoms with Crippen LogP contribution in [0, 0.1) is 0 Å². The Morgan fingerprint density at radius 2 is 1.81 bits per heavy atom. The van der Waals surface area contributed by atoms with Gasteiger partial charge < -0.3 is 9.47 Å². The van der Waals surface area contributed by atoms with Gasteiger partial charge in [-0.2, -0.15) is 13.2 Å². The van der Waals surface area contributed by atoms with Gasteiger partial charge in [-0.3, -0.25) is 9.69 Å². The van der Waals surface area contributed by atoms with E-state index in [9.17, 15) is 22.8 Å². The Morgan fingerprint density at radius 1 is 1.13 bits per heavy atom. The van der Waals surface area contributed by atoms with Crippen molar-refractivity contribution >= 4 is 35.2 Å². The molecule has 0 aromatic heterocycles. The molecule has 0 aliphatic carbocycles. The Labute approximate surface area is 181 Å². The van der Waals surface area contributed by atoms with Gasteiger partial charge in [-0.1, -0.05) is 29.8 Å². The lowest BCUT2D eigenvalue weighted by Gasteiger charge is -2.19. The Kier molecular flexibility index (Phi) is 6.13. The second-order valence-corrected chi connectivity index (χ2v) is 6.96. The minimum atomic E-state index is -4.64. The number of anilines is 1. The second kappa shape index (κ2) is 8.47. The number of benzene rings is 2. The van der Waals surface area contributed by atoms with Gasteiger partial charge in [0, 0.05) is 5.70 Å². The molecule has 5 nitrogen and oxygen atoms in total. The molecular weight excluding hydrogens is 435 g/mol. The van der Waals surface area contributed by atoms with Crippen molar-refractivity contribution < 1.29 is 32.2 Å². The fourth-order valence-corrected chi connectivity index (χ4v) is 3.57. The lowest BCUT2D eigenvalue weighted by Crippen LogP contribution is -2.24. The van der Waals surface area contributed by atoms with Gasteiger partial charge in [-0.15, -0.1) is 0 Å². The average Bonchev–Trinajstić information content (AvgIpc) is 2.96. The van der Waals surface area contributed by atoms with Crippen molar-refractivity contribution in [3.63, 3.8) is 0 Å². The minimum Gasteiger partial charge on any atom is -0.495 e. The number of amides is 1. The molecule has 0 atom stereocenters. The summed E-state index contributed by atoms with van der Waals surface area (Å²) in [7, 11) is 2.56. The van der Waals surface area contributed by atoms with E-state index >= 15 is 0 Å². The molecule has 0 radical (unpaired) electrons. The number of hydrogen-bond acceptors (Lipinski definition) is 4. The molecular formula is C22H17ClF3NO4. The Bertz CT molecular complexity index is 1120. The van der Waals surface area contributed by atoms with E-state index < -0.39 is 23.6 Å². The zero-order chi connectivity index (χ0) is 22.9. The molecule has 0 N–H and O–H groups in total. The van der Waals surface area contributed by atoms with E-state index in [0.29, 0.717) is 11.4 Å². The molecule has 9 heteroatoms. The van der Waals surface area contributed by atoms with E-state index in [-0.39, 0.29) is 27.4 Å². The molecule has 162 valence electrons. The van der Waals surface area contributed by atoms with E-state index in [1.54, 1.807) is 6.07 Å². The van der Waals surface area contributed by atoms with Crippen LogP contribution in [0.15, 0.2) is 59.3 Å². The third-order valence-electron chi connectivity index (χ3n) is 4.75. The van der Waals surface area contributed by atoms with Crippen LogP contribution in [0.2, 0.25) is 5.02 Å². The van der Waals surface area contributed by atoms with Gasteiger partial charge in [0.2, 0.25) is 0 Å². The minimum absolute atomic E-state index is 0.128. The average molecular weight is 452 g/mol. The first-order valence-electron chi connectivity index (χ1n) is 8.95. The number of carbonyl (C=O) groups is 2. The molecule has 1 amide bonds. The number of ether oxygens (including phenoxy) is 2. The highest BCUT2D eigenvalue weighted by atomic mass is 35.5. The molecule has 2 aromatic carbocycles. The molecule has 0 unspecified atom stereocenters. The summed E-state index contributed by atoms with van der Waals surface area (Å²) in [5, 5.41) is 0.222. The highest BCUT2D eigenvalue weighted by Gasteiger charge is 2.39. The third-order valence-corrected chi connectivity index (χ3v) is 5.04. The number of carbonyl (C=O) groups excluding carboxylic acids is 2. The van der Waals surface area contributed by atoms with Crippen molar-refractivity contribution in [1.82, 2.24) is 0 Å². The summed E-state index contributed by atoms with van der Waals surface area (Å²) in [6.45, 7) is 1.50. The zero-order valence-corrected chi connectivity index (χ0v) is 17.5. The summed E-state index contributed by atoms with van der Waals surface area (Å²) < 4.78 is 50.1. The monoisotopic (exact) mass is 451 g/mol. The fraction of sp³-hybridized carbons (Fsp3) is 0.182. The number of esters is 1. The third kappa shape index (κ3) is 4.16. The highest BCUT2D eigenvalue weighted by Crippen LogP contribution is 2.39. The van der Waals surface area contributed by atoms with Crippen molar-refractivity contribution in [3.05, 3.63) is 75.5 Å². The molecule has 1 heterocycles. The quantitative estimate of drug-likeness (QED) is 0.471. The molecule has 1 aliphatic rings. The van der Waals surface area contributed by atoms with E-state index in [4.69, 9.17) is 21.1 Å². The van der Waals surface area contributed by atoms with E-state index in [0.717, 1.165) is 19.3 Å². The predicted octanol–water partition coefficient (Wildman–Crippen LogP) is 5.24. The standard InChI is InChI=1S/C22H17ClF3NO4/c1-12-19(21(29)31-3)15(10-13-6-4-5-7-16(13)22(24,25)26)20(28)27(12)14-8-9-18(30-2)17(23)11-14/h4-11H,1-3H3/b15-10-. The smallest absolute Gasteiger partial charge is 0.416 e. The number of allylic oxidation sites excluding steroid dienone is 1. The highest BCUT2D eigenvalue weighted by molar-refractivity contribution is 6.32. The summed E-state index contributed by atoms with van der Waals surface area (Å²) in [6.07, 6.45) is -3.59. The van der Waals surface area contributed by atoms with Crippen LogP contribution in [-0.2, 0) is 20.5 Å². The summed E-state index contributed by atoms with van der Waals surface area (Å²) in [5.41, 5.74) is -0.995. The first-order chi connectivity index (χ1) is 14.6. The summed E-state index contributed by atoms with van der Waals surface area (Å²) in [6, 6.07) is 9.33. The van der Waals surface area contributed by atoms with E-state index in [1.807, 2.05) is 0 Å². The van der Waals surface area contributed by atoms with Crippen LogP contribution in [0.1, 0.15) is 18.1 Å². The largest absolute Gasteiger partial charge is 0.495 e. The Morgan fingerprint density at radius 3 is 2.39 bits per heavy atom. The van der Waals surface area contributed by atoms with Crippen molar-refractivity contribution in [1.29, 1.82) is 0 Å². The molecule has 3 rings (SSSR count). The number of methoxy groups -OCH3 is 2.